The average molecular weight is 455 g/mol. The fraction of sp³-hybridized carbons (Fsp3) is 0.261. The highest BCUT2D eigenvalue weighted by atomic mass is 32.2. The van der Waals surface area contributed by atoms with E-state index in [9.17, 15) is 19.5 Å². The van der Waals surface area contributed by atoms with Crippen LogP contribution in [0.25, 0.3) is 0 Å². The highest BCUT2D eigenvalue weighted by Crippen LogP contribution is 2.34. The van der Waals surface area contributed by atoms with Crippen LogP contribution in [0.5, 0.6) is 11.5 Å². The Hall–Kier alpha value is -3.46. The van der Waals surface area contributed by atoms with E-state index in [1.165, 1.54) is 11.8 Å². The lowest BCUT2D eigenvalue weighted by atomic mass is 9.82. The van der Waals surface area contributed by atoms with Gasteiger partial charge in [-0.15, -0.1) is 11.8 Å². The number of hydrogen-bond acceptors (Lipinski definition) is 6. The second kappa shape index (κ2) is 9.78. The van der Waals surface area contributed by atoms with Gasteiger partial charge in [0.25, 0.3) is 0 Å². The molecule has 2 atom stereocenters. The van der Waals surface area contributed by atoms with Crippen molar-refractivity contribution < 1.29 is 29.0 Å². The Morgan fingerprint density at radius 2 is 1.59 bits per heavy atom. The lowest BCUT2D eigenvalue weighted by Gasteiger charge is -2.24. The lowest BCUT2D eigenvalue weighted by molar-refractivity contribution is -0.146. The van der Waals surface area contributed by atoms with Crippen LogP contribution in [0.15, 0.2) is 59.5 Å². The van der Waals surface area contributed by atoms with Gasteiger partial charge in [-0.1, -0.05) is 12.2 Å². The third-order valence-corrected chi connectivity index (χ3v) is 6.25. The van der Waals surface area contributed by atoms with Gasteiger partial charge in [-0.25, -0.2) is 0 Å². The van der Waals surface area contributed by atoms with E-state index in [1.54, 1.807) is 36.4 Å². The van der Waals surface area contributed by atoms with Gasteiger partial charge in [0.15, 0.2) is 11.5 Å². The molecule has 2 aromatic rings. The third-order valence-electron chi connectivity index (χ3n) is 5.23. The van der Waals surface area contributed by atoms with Crippen molar-refractivity contribution in [1.29, 1.82) is 0 Å². The molecule has 166 valence electrons. The fourth-order valence-corrected chi connectivity index (χ4v) is 4.27. The number of carboxylic acid groups (broad SMARTS) is 1. The Morgan fingerprint density at radius 3 is 2.34 bits per heavy atom. The van der Waals surface area contributed by atoms with Crippen LogP contribution in [0.4, 0.5) is 11.4 Å². The highest BCUT2D eigenvalue weighted by molar-refractivity contribution is 8.00. The zero-order valence-electron chi connectivity index (χ0n) is 17.1. The summed E-state index contributed by atoms with van der Waals surface area (Å²) in [5.74, 6) is -1.24. The number of benzene rings is 2. The van der Waals surface area contributed by atoms with Crippen molar-refractivity contribution in [3.63, 3.8) is 0 Å². The maximum absolute atomic E-state index is 12.5. The Bertz CT molecular complexity index is 1050. The van der Waals surface area contributed by atoms with Gasteiger partial charge in [0.1, 0.15) is 0 Å². The number of hydrogen-bond donors (Lipinski definition) is 3. The largest absolute Gasteiger partial charge is 0.481 e. The highest BCUT2D eigenvalue weighted by Gasteiger charge is 2.33. The van der Waals surface area contributed by atoms with Crippen molar-refractivity contribution in [1.82, 2.24) is 0 Å². The molecule has 0 saturated carbocycles. The number of rotatable bonds is 7. The summed E-state index contributed by atoms with van der Waals surface area (Å²) in [5.41, 5.74) is 1.22. The molecule has 2 unspecified atom stereocenters. The van der Waals surface area contributed by atoms with E-state index in [0.717, 1.165) is 4.90 Å². The summed E-state index contributed by atoms with van der Waals surface area (Å²) in [5, 5.41) is 15.0. The van der Waals surface area contributed by atoms with E-state index in [2.05, 4.69) is 10.6 Å². The molecule has 0 bridgehead atoms. The maximum Gasteiger partial charge on any atom is 0.307 e. The number of amides is 2. The van der Waals surface area contributed by atoms with Gasteiger partial charge in [0, 0.05) is 22.3 Å². The minimum atomic E-state index is -0.958. The van der Waals surface area contributed by atoms with Crippen molar-refractivity contribution in [3.8, 4) is 11.5 Å². The summed E-state index contributed by atoms with van der Waals surface area (Å²) >= 11 is 1.37. The van der Waals surface area contributed by atoms with Crippen molar-refractivity contribution in [2.45, 2.75) is 17.7 Å². The van der Waals surface area contributed by atoms with Crippen LogP contribution < -0.4 is 20.1 Å². The number of carbonyl (C=O) groups excluding carboxylic acids is 2. The van der Waals surface area contributed by atoms with Crippen LogP contribution in [0.2, 0.25) is 0 Å². The summed E-state index contributed by atoms with van der Waals surface area (Å²) in [4.78, 5) is 37.1. The number of ether oxygens (including phenoxy) is 2. The quantitative estimate of drug-likeness (QED) is 0.431. The van der Waals surface area contributed by atoms with E-state index >= 15 is 0 Å². The summed E-state index contributed by atoms with van der Waals surface area (Å²) < 4.78 is 10.6. The number of nitrogens with one attached hydrogen (secondary N) is 2. The second-order valence-electron chi connectivity index (χ2n) is 7.41. The number of allylic oxidation sites excluding steroid dienone is 2. The number of carbonyl (C=O) groups is 3. The van der Waals surface area contributed by atoms with Gasteiger partial charge in [0.05, 0.1) is 17.6 Å². The van der Waals surface area contributed by atoms with E-state index in [-0.39, 0.29) is 24.4 Å². The first-order valence-electron chi connectivity index (χ1n) is 10.1. The number of anilines is 2. The first kappa shape index (κ1) is 21.8. The van der Waals surface area contributed by atoms with Gasteiger partial charge in [-0.3, -0.25) is 14.4 Å². The molecule has 1 aliphatic heterocycles. The molecule has 2 aromatic carbocycles. The molecule has 3 N–H and O–H groups in total. The Labute approximate surface area is 189 Å². The minimum Gasteiger partial charge on any atom is -0.481 e. The van der Waals surface area contributed by atoms with Gasteiger partial charge in [0.2, 0.25) is 18.6 Å². The van der Waals surface area contributed by atoms with E-state index in [4.69, 9.17) is 9.47 Å². The monoisotopic (exact) mass is 454 g/mol. The smallest absolute Gasteiger partial charge is 0.307 e. The maximum atomic E-state index is 12.5. The molecule has 0 spiro atoms. The van der Waals surface area contributed by atoms with Crippen molar-refractivity contribution in [3.05, 3.63) is 54.6 Å². The first-order chi connectivity index (χ1) is 15.5. The fourth-order valence-electron chi connectivity index (χ4n) is 3.57. The molecule has 0 radical (unpaired) electrons. The average Bonchev–Trinajstić information content (AvgIpc) is 3.26. The molecular weight excluding hydrogens is 432 g/mol. The Morgan fingerprint density at radius 1 is 0.906 bits per heavy atom. The molecule has 2 aliphatic rings. The topological polar surface area (TPSA) is 114 Å². The first-order valence-corrected chi connectivity index (χ1v) is 11.1. The van der Waals surface area contributed by atoms with Gasteiger partial charge < -0.3 is 25.2 Å². The summed E-state index contributed by atoms with van der Waals surface area (Å²) in [6, 6.07) is 12.3. The number of thioether (sulfide) groups is 1. The van der Waals surface area contributed by atoms with Gasteiger partial charge >= 0.3 is 5.97 Å². The number of carboxylic acids is 1. The van der Waals surface area contributed by atoms with Gasteiger partial charge in [-0.05, 0) is 49.2 Å². The van der Waals surface area contributed by atoms with Crippen LogP contribution >= 0.6 is 11.8 Å². The van der Waals surface area contributed by atoms with Crippen LogP contribution in [-0.2, 0) is 14.4 Å². The van der Waals surface area contributed by atoms with Gasteiger partial charge in [-0.2, -0.15) is 0 Å². The third kappa shape index (κ3) is 5.23. The molecule has 32 heavy (non-hydrogen) atoms. The molecule has 8 nitrogen and oxygen atoms in total. The minimum absolute atomic E-state index is 0.156. The molecule has 0 fully saturated rings. The zero-order chi connectivity index (χ0) is 22.5. The molecule has 2 amide bonds. The van der Waals surface area contributed by atoms with E-state index in [1.807, 2.05) is 18.2 Å². The molecule has 4 rings (SSSR count). The van der Waals surface area contributed by atoms with Crippen LogP contribution in [0, 0.1) is 11.8 Å². The molecule has 9 heteroatoms. The molecule has 1 heterocycles. The number of fused-ring (bicyclic) bond motifs is 1. The zero-order valence-corrected chi connectivity index (χ0v) is 17.9. The van der Waals surface area contributed by atoms with Crippen LogP contribution in [0.1, 0.15) is 12.8 Å². The lowest BCUT2D eigenvalue weighted by Crippen LogP contribution is -2.34. The summed E-state index contributed by atoms with van der Waals surface area (Å²) in [7, 11) is 0. The van der Waals surface area contributed by atoms with Crippen molar-refractivity contribution >= 4 is 40.9 Å². The SMILES string of the molecule is O=C(CSc1ccc(NC(=O)C2CC=CCC2C(=O)O)cc1)Nc1ccc2c(c1)OCO2. The molecular formula is C23H22N2O6S. The van der Waals surface area contributed by atoms with Crippen LogP contribution in [0.3, 0.4) is 0 Å². The molecule has 0 saturated heterocycles. The summed E-state index contributed by atoms with van der Waals surface area (Å²) in [6.07, 6.45) is 4.42. The second-order valence-corrected chi connectivity index (χ2v) is 8.46. The van der Waals surface area contributed by atoms with Crippen LogP contribution in [-0.4, -0.2) is 35.4 Å². The predicted molar refractivity (Wildman–Crippen MR) is 120 cm³/mol. The van der Waals surface area contributed by atoms with E-state index in [0.29, 0.717) is 35.7 Å². The normalized spacial score (nSPS) is 18.8. The Balaban J connectivity index is 1.27. The molecule has 0 aromatic heterocycles. The number of aliphatic carboxylic acids is 1. The standard InChI is InChI=1S/C23H22N2O6S/c26-21(24-15-7-10-19-20(11-15)31-13-30-19)12-32-16-8-5-14(6-9-16)25-22(27)17-3-1-2-4-18(17)23(28)29/h1-2,5-11,17-18H,3-4,12-13H2,(H,24,26)(H,25,27)(H,28,29). The predicted octanol–water partition coefficient (Wildman–Crippen LogP) is 3.75. The van der Waals surface area contributed by atoms with E-state index < -0.39 is 17.8 Å². The summed E-state index contributed by atoms with van der Waals surface area (Å²) in [6.45, 7) is 0.177. The van der Waals surface area contributed by atoms with Crippen molar-refractivity contribution in [2.24, 2.45) is 11.8 Å². The molecule has 1 aliphatic carbocycles. The Kier molecular flexibility index (Phi) is 6.65. The van der Waals surface area contributed by atoms with Crippen molar-refractivity contribution in [2.75, 3.05) is 23.2 Å².